The van der Waals surface area contributed by atoms with E-state index in [0.717, 1.165) is 43.4 Å². The van der Waals surface area contributed by atoms with Crippen molar-refractivity contribution in [3.05, 3.63) is 35.4 Å². The van der Waals surface area contributed by atoms with E-state index in [4.69, 9.17) is 10.5 Å². The van der Waals surface area contributed by atoms with Crippen LogP contribution < -0.4 is 11.1 Å². The summed E-state index contributed by atoms with van der Waals surface area (Å²) in [5, 5.41) is 3.04. The third-order valence-electron chi connectivity index (χ3n) is 4.02. The molecule has 1 saturated carbocycles. The number of nitrogens with two attached hydrogens (primary N) is 1. The highest BCUT2D eigenvalue weighted by molar-refractivity contribution is 5.79. The van der Waals surface area contributed by atoms with Crippen molar-refractivity contribution in [1.82, 2.24) is 5.32 Å². The van der Waals surface area contributed by atoms with E-state index in [-0.39, 0.29) is 17.9 Å². The number of nitrogens with one attached hydrogen (secondary N) is 1. The maximum atomic E-state index is 12.1. The van der Waals surface area contributed by atoms with Crippen LogP contribution in [-0.2, 0) is 22.7 Å². The largest absolute Gasteiger partial charge is 0.377 e. The van der Waals surface area contributed by atoms with E-state index < -0.39 is 0 Å². The van der Waals surface area contributed by atoms with Gasteiger partial charge in [-0.3, -0.25) is 4.79 Å². The maximum Gasteiger partial charge on any atom is 0.223 e. The molecule has 116 valence electrons. The van der Waals surface area contributed by atoms with Crippen LogP contribution in [-0.4, -0.2) is 18.6 Å². The average Bonchev–Trinajstić information content (AvgIpc) is 2.93. The van der Waals surface area contributed by atoms with Gasteiger partial charge in [-0.2, -0.15) is 0 Å². The van der Waals surface area contributed by atoms with Gasteiger partial charge in [-0.25, -0.2) is 0 Å². The number of ether oxygens (including phenoxy) is 1. The quantitative estimate of drug-likeness (QED) is 0.758. The van der Waals surface area contributed by atoms with Gasteiger partial charge in [0.1, 0.15) is 0 Å². The molecule has 1 aliphatic rings. The Bertz CT molecular complexity index is 462. The zero-order valence-corrected chi connectivity index (χ0v) is 12.8. The van der Waals surface area contributed by atoms with Crippen LogP contribution in [0.15, 0.2) is 24.3 Å². The van der Waals surface area contributed by atoms with E-state index >= 15 is 0 Å². The molecule has 1 fully saturated rings. The van der Waals surface area contributed by atoms with Crippen molar-refractivity contribution >= 4 is 5.91 Å². The minimum absolute atomic E-state index is 0.0866. The first-order valence-electron chi connectivity index (χ1n) is 7.88. The van der Waals surface area contributed by atoms with Crippen LogP contribution in [0, 0.1) is 5.92 Å². The van der Waals surface area contributed by atoms with Gasteiger partial charge in [0.2, 0.25) is 5.91 Å². The van der Waals surface area contributed by atoms with Crippen molar-refractivity contribution < 1.29 is 9.53 Å². The summed E-state index contributed by atoms with van der Waals surface area (Å²) < 4.78 is 5.60. The zero-order chi connectivity index (χ0) is 15.1. The molecule has 4 heteroatoms. The maximum absolute atomic E-state index is 12.1. The lowest BCUT2D eigenvalue weighted by Crippen LogP contribution is -2.30. The highest BCUT2D eigenvalue weighted by Crippen LogP contribution is 2.24. The highest BCUT2D eigenvalue weighted by atomic mass is 16.5. The summed E-state index contributed by atoms with van der Waals surface area (Å²) in [5.74, 6) is 0.218. The van der Waals surface area contributed by atoms with E-state index in [1.54, 1.807) is 0 Å². The molecule has 0 radical (unpaired) electrons. The predicted molar refractivity (Wildman–Crippen MR) is 83.6 cm³/mol. The highest BCUT2D eigenvalue weighted by Gasteiger charge is 2.27. The van der Waals surface area contributed by atoms with E-state index in [2.05, 4.69) is 18.3 Å². The number of hydrogen-bond donors (Lipinski definition) is 2. The monoisotopic (exact) mass is 290 g/mol. The molecule has 0 aliphatic heterocycles. The summed E-state index contributed by atoms with van der Waals surface area (Å²) in [6.45, 7) is 4.03. The first-order valence-corrected chi connectivity index (χ1v) is 7.88. The fourth-order valence-corrected chi connectivity index (χ4v) is 2.78. The van der Waals surface area contributed by atoms with Gasteiger partial charge in [0.05, 0.1) is 6.61 Å². The van der Waals surface area contributed by atoms with E-state index in [0.29, 0.717) is 13.2 Å². The molecule has 3 N–H and O–H groups in total. The summed E-state index contributed by atoms with van der Waals surface area (Å²) in [6.07, 6.45) is 3.70. The molecule has 1 aliphatic carbocycles. The van der Waals surface area contributed by atoms with Gasteiger partial charge in [-0.1, -0.05) is 31.2 Å². The molecular formula is C17H26N2O2. The van der Waals surface area contributed by atoms with Crippen LogP contribution in [0.2, 0.25) is 0 Å². The SMILES string of the molecule is CCCOCc1ccccc1CNC(=O)C1CCC(N)C1. The second-order valence-electron chi connectivity index (χ2n) is 5.81. The van der Waals surface area contributed by atoms with Crippen molar-refractivity contribution in [2.45, 2.75) is 51.8 Å². The Morgan fingerprint density at radius 2 is 2.10 bits per heavy atom. The molecule has 1 aromatic carbocycles. The lowest BCUT2D eigenvalue weighted by Gasteiger charge is -2.13. The van der Waals surface area contributed by atoms with Gasteiger partial charge in [-0.15, -0.1) is 0 Å². The lowest BCUT2D eigenvalue weighted by atomic mass is 10.1. The Hall–Kier alpha value is -1.39. The number of rotatable bonds is 7. The Morgan fingerprint density at radius 1 is 1.33 bits per heavy atom. The molecule has 0 heterocycles. The van der Waals surface area contributed by atoms with Crippen LogP contribution >= 0.6 is 0 Å². The summed E-state index contributed by atoms with van der Waals surface area (Å²) in [7, 11) is 0. The Balaban J connectivity index is 1.86. The summed E-state index contributed by atoms with van der Waals surface area (Å²) in [6, 6.07) is 8.30. The third-order valence-corrected chi connectivity index (χ3v) is 4.02. The molecule has 21 heavy (non-hydrogen) atoms. The van der Waals surface area contributed by atoms with Gasteiger partial charge in [-0.05, 0) is 36.8 Å². The van der Waals surface area contributed by atoms with Gasteiger partial charge in [0, 0.05) is 25.1 Å². The minimum Gasteiger partial charge on any atom is -0.377 e. The van der Waals surface area contributed by atoms with Crippen molar-refractivity contribution in [2.75, 3.05) is 6.61 Å². The smallest absolute Gasteiger partial charge is 0.223 e. The first-order chi connectivity index (χ1) is 10.2. The molecule has 2 atom stereocenters. The molecule has 0 saturated heterocycles. The van der Waals surface area contributed by atoms with Crippen LogP contribution in [0.25, 0.3) is 0 Å². The zero-order valence-electron chi connectivity index (χ0n) is 12.8. The number of benzene rings is 1. The van der Waals surface area contributed by atoms with Gasteiger partial charge < -0.3 is 15.8 Å². The Kier molecular flexibility index (Phi) is 6.21. The summed E-state index contributed by atoms with van der Waals surface area (Å²) >= 11 is 0. The number of carbonyl (C=O) groups is 1. The van der Waals surface area contributed by atoms with Crippen molar-refractivity contribution in [1.29, 1.82) is 0 Å². The first kappa shape index (κ1) is 16.0. The van der Waals surface area contributed by atoms with Gasteiger partial charge in [0.15, 0.2) is 0 Å². The van der Waals surface area contributed by atoms with Crippen LogP contribution in [0.5, 0.6) is 0 Å². The minimum atomic E-state index is 0.0866. The second-order valence-corrected chi connectivity index (χ2v) is 5.81. The normalized spacial score (nSPS) is 21.4. The molecular weight excluding hydrogens is 264 g/mol. The van der Waals surface area contributed by atoms with E-state index in [1.165, 1.54) is 0 Å². The van der Waals surface area contributed by atoms with Crippen molar-refractivity contribution in [3.8, 4) is 0 Å². The standard InChI is InChI=1S/C17H26N2O2/c1-2-9-21-12-15-6-4-3-5-14(15)11-19-17(20)13-7-8-16(18)10-13/h3-6,13,16H,2,7-12,18H2,1H3,(H,19,20). The van der Waals surface area contributed by atoms with Crippen molar-refractivity contribution in [2.24, 2.45) is 11.7 Å². The Morgan fingerprint density at radius 3 is 2.76 bits per heavy atom. The fraction of sp³-hybridized carbons (Fsp3) is 0.588. The number of carbonyl (C=O) groups excluding carboxylic acids is 1. The van der Waals surface area contributed by atoms with Crippen LogP contribution in [0.1, 0.15) is 43.7 Å². The number of hydrogen-bond acceptors (Lipinski definition) is 3. The van der Waals surface area contributed by atoms with Gasteiger partial charge >= 0.3 is 0 Å². The molecule has 0 spiro atoms. The van der Waals surface area contributed by atoms with Crippen LogP contribution in [0.3, 0.4) is 0 Å². The molecule has 4 nitrogen and oxygen atoms in total. The topological polar surface area (TPSA) is 64.3 Å². The van der Waals surface area contributed by atoms with Crippen molar-refractivity contribution in [3.63, 3.8) is 0 Å². The molecule has 0 bridgehead atoms. The summed E-state index contributed by atoms with van der Waals surface area (Å²) in [4.78, 5) is 12.1. The fourth-order valence-electron chi connectivity index (χ4n) is 2.78. The predicted octanol–water partition coefficient (Wildman–Crippen LogP) is 2.36. The second kappa shape index (κ2) is 8.15. The summed E-state index contributed by atoms with van der Waals surface area (Å²) in [5.41, 5.74) is 8.14. The van der Waals surface area contributed by atoms with Gasteiger partial charge in [0.25, 0.3) is 0 Å². The van der Waals surface area contributed by atoms with Crippen LogP contribution in [0.4, 0.5) is 0 Å². The lowest BCUT2D eigenvalue weighted by molar-refractivity contribution is -0.125. The molecule has 1 aromatic rings. The molecule has 2 unspecified atom stereocenters. The molecule has 0 aromatic heterocycles. The average molecular weight is 290 g/mol. The third kappa shape index (κ3) is 4.83. The van der Waals surface area contributed by atoms with E-state index in [1.807, 2.05) is 18.2 Å². The number of amides is 1. The van der Waals surface area contributed by atoms with E-state index in [9.17, 15) is 4.79 Å². The molecule has 1 amide bonds. The Labute approximate surface area is 127 Å². The molecule has 2 rings (SSSR count).